The molecule has 1 saturated carbocycles. The summed E-state index contributed by atoms with van der Waals surface area (Å²) >= 11 is 0. The molecule has 0 aliphatic heterocycles. The first-order valence-electron chi connectivity index (χ1n) is 7.61. The molecule has 0 radical (unpaired) electrons. The lowest BCUT2D eigenvalue weighted by Gasteiger charge is -2.36. The van der Waals surface area contributed by atoms with Crippen LogP contribution >= 0.6 is 0 Å². The summed E-state index contributed by atoms with van der Waals surface area (Å²) in [7, 11) is 0. The van der Waals surface area contributed by atoms with Crippen molar-refractivity contribution in [1.29, 1.82) is 0 Å². The fourth-order valence-corrected chi connectivity index (χ4v) is 2.90. The quantitative estimate of drug-likeness (QED) is 0.895. The van der Waals surface area contributed by atoms with Gasteiger partial charge in [-0.15, -0.1) is 0 Å². The van der Waals surface area contributed by atoms with Gasteiger partial charge in [0.1, 0.15) is 11.9 Å². The molecule has 1 aliphatic rings. The van der Waals surface area contributed by atoms with E-state index in [0.29, 0.717) is 0 Å². The van der Waals surface area contributed by atoms with Gasteiger partial charge in [-0.25, -0.2) is 0 Å². The standard InChI is InChI=1S/C17H27NO/c1-4-13-5-8-15(9-6-13)19-17-11-14(12(2)3)7-10-16(17)18/h5-6,8-9,12,14,16-17H,4,7,10-11,18H2,1-3H3. The number of benzene rings is 1. The lowest BCUT2D eigenvalue weighted by atomic mass is 9.78. The molecule has 0 spiro atoms. The number of nitrogens with two attached hydrogens (primary N) is 1. The van der Waals surface area contributed by atoms with Crippen molar-refractivity contribution in [3.8, 4) is 5.75 Å². The second kappa shape index (κ2) is 6.42. The van der Waals surface area contributed by atoms with Crippen LogP contribution in [0.1, 0.15) is 45.6 Å². The predicted molar refractivity (Wildman–Crippen MR) is 80.4 cm³/mol. The molecule has 2 nitrogen and oxygen atoms in total. The second-order valence-corrected chi connectivity index (χ2v) is 6.13. The molecule has 1 aromatic carbocycles. The molecule has 2 rings (SSSR count). The molecule has 106 valence electrons. The summed E-state index contributed by atoms with van der Waals surface area (Å²) in [6.45, 7) is 6.77. The van der Waals surface area contributed by atoms with Crippen molar-refractivity contribution >= 4 is 0 Å². The minimum Gasteiger partial charge on any atom is -0.489 e. The summed E-state index contributed by atoms with van der Waals surface area (Å²) in [6.07, 6.45) is 4.66. The van der Waals surface area contributed by atoms with Crippen molar-refractivity contribution in [1.82, 2.24) is 0 Å². The molecule has 1 aromatic rings. The lowest BCUT2D eigenvalue weighted by molar-refractivity contribution is 0.0868. The zero-order valence-electron chi connectivity index (χ0n) is 12.4. The van der Waals surface area contributed by atoms with E-state index in [2.05, 4.69) is 45.0 Å². The summed E-state index contributed by atoms with van der Waals surface area (Å²) in [6, 6.07) is 8.61. The molecule has 0 saturated heterocycles. The van der Waals surface area contributed by atoms with Crippen LogP contribution < -0.4 is 10.5 Å². The fourth-order valence-electron chi connectivity index (χ4n) is 2.90. The van der Waals surface area contributed by atoms with E-state index in [9.17, 15) is 0 Å². The Kier molecular flexibility index (Phi) is 4.87. The van der Waals surface area contributed by atoms with Gasteiger partial charge in [-0.1, -0.05) is 32.9 Å². The van der Waals surface area contributed by atoms with Gasteiger partial charge in [0, 0.05) is 6.04 Å². The highest BCUT2D eigenvalue weighted by molar-refractivity contribution is 5.27. The first-order chi connectivity index (χ1) is 9.10. The van der Waals surface area contributed by atoms with Gasteiger partial charge in [0.05, 0.1) is 0 Å². The number of hydrogen-bond donors (Lipinski definition) is 1. The Hall–Kier alpha value is -1.02. The van der Waals surface area contributed by atoms with E-state index in [1.165, 1.54) is 12.0 Å². The zero-order valence-corrected chi connectivity index (χ0v) is 12.4. The van der Waals surface area contributed by atoms with Crippen LogP contribution in [0.25, 0.3) is 0 Å². The summed E-state index contributed by atoms with van der Waals surface area (Å²) in [4.78, 5) is 0. The van der Waals surface area contributed by atoms with Crippen LogP contribution in [0.3, 0.4) is 0 Å². The van der Waals surface area contributed by atoms with Gasteiger partial charge >= 0.3 is 0 Å². The van der Waals surface area contributed by atoms with E-state index in [-0.39, 0.29) is 12.1 Å². The van der Waals surface area contributed by atoms with E-state index in [1.807, 2.05) is 0 Å². The number of ether oxygens (including phenoxy) is 1. The molecule has 3 unspecified atom stereocenters. The third-order valence-electron chi connectivity index (χ3n) is 4.45. The molecule has 19 heavy (non-hydrogen) atoms. The molecular formula is C17H27NO. The van der Waals surface area contributed by atoms with Gasteiger partial charge in [-0.2, -0.15) is 0 Å². The average molecular weight is 261 g/mol. The summed E-state index contributed by atoms with van der Waals surface area (Å²) in [5, 5.41) is 0. The monoisotopic (exact) mass is 261 g/mol. The van der Waals surface area contributed by atoms with Crippen LogP contribution in [-0.2, 0) is 6.42 Å². The Labute approximate surface area is 117 Å². The predicted octanol–water partition coefficient (Wildman–Crippen LogP) is 3.78. The highest BCUT2D eigenvalue weighted by Crippen LogP contribution is 2.31. The number of rotatable bonds is 4. The minimum absolute atomic E-state index is 0.175. The third kappa shape index (κ3) is 3.73. The van der Waals surface area contributed by atoms with Gasteiger partial charge in [-0.3, -0.25) is 0 Å². The van der Waals surface area contributed by atoms with Gasteiger partial charge < -0.3 is 10.5 Å². The second-order valence-electron chi connectivity index (χ2n) is 6.13. The molecule has 1 aliphatic carbocycles. The van der Waals surface area contributed by atoms with E-state index in [4.69, 9.17) is 10.5 Å². The largest absolute Gasteiger partial charge is 0.489 e. The van der Waals surface area contributed by atoms with Gasteiger partial charge in [0.2, 0.25) is 0 Å². The Morgan fingerprint density at radius 3 is 2.47 bits per heavy atom. The normalized spacial score (nSPS) is 27.5. The van der Waals surface area contributed by atoms with Crippen molar-refractivity contribution in [2.24, 2.45) is 17.6 Å². The van der Waals surface area contributed by atoms with Crippen LogP contribution in [0.15, 0.2) is 24.3 Å². The maximum Gasteiger partial charge on any atom is 0.119 e. The van der Waals surface area contributed by atoms with Crippen LogP contribution in [-0.4, -0.2) is 12.1 Å². The molecule has 2 N–H and O–H groups in total. The van der Waals surface area contributed by atoms with E-state index in [1.54, 1.807) is 0 Å². The number of hydrogen-bond acceptors (Lipinski definition) is 2. The molecule has 0 heterocycles. The van der Waals surface area contributed by atoms with Gasteiger partial charge in [0.25, 0.3) is 0 Å². The molecule has 3 atom stereocenters. The maximum atomic E-state index is 6.22. The number of aryl methyl sites for hydroxylation is 1. The summed E-state index contributed by atoms with van der Waals surface area (Å²) in [5.41, 5.74) is 7.57. The smallest absolute Gasteiger partial charge is 0.119 e. The Morgan fingerprint density at radius 2 is 1.89 bits per heavy atom. The maximum absolute atomic E-state index is 6.22. The Balaban J connectivity index is 1.99. The molecular weight excluding hydrogens is 234 g/mol. The van der Waals surface area contributed by atoms with Crippen molar-refractivity contribution in [3.63, 3.8) is 0 Å². The SMILES string of the molecule is CCc1ccc(OC2CC(C(C)C)CCC2N)cc1. The summed E-state index contributed by atoms with van der Waals surface area (Å²) in [5.74, 6) is 2.43. The van der Waals surface area contributed by atoms with E-state index >= 15 is 0 Å². The van der Waals surface area contributed by atoms with Crippen LogP contribution in [0.5, 0.6) is 5.75 Å². The fraction of sp³-hybridized carbons (Fsp3) is 0.647. The summed E-state index contributed by atoms with van der Waals surface area (Å²) < 4.78 is 6.12. The zero-order chi connectivity index (χ0) is 13.8. The van der Waals surface area contributed by atoms with E-state index < -0.39 is 0 Å². The lowest BCUT2D eigenvalue weighted by Crippen LogP contribution is -2.44. The van der Waals surface area contributed by atoms with Crippen molar-refractivity contribution < 1.29 is 4.74 Å². The van der Waals surface area contributed by atoms with Gasteiger partial charge in [-0.05, 0) is 55.2 Å². The average Bonchev–Trinajstić information content (AvgIpc) is 2.42. The highest BCUT2D eigenvalue weighted by atomic mass is 16.5. The van der Waals surface area contributed by atoms with Crippen molar-refractivity contribution in [2.75, 3.05) is 0 Å². The van der Waals surface area contributed by atoms with Crippen molar-refractivity contribution in [3.05, 3.63) is 29.8 Å². The third-order valence-corrected chi connectivity index (χ3v) is 4.45. The minimum atomic E-state index is 0.175. The van der Waals surface area contributed by atoms with Crippen LogP contribution in [0.4, 0.5) is 0 Å². The molecule has 1 fully saturated rings. The van der Waals surface area contributed by atoms with Crippen LogP contribution in [0.2, 0.25) is 0 Å². The molecule has 0 aromatic heterocycles. The van der Waals surface area contributed by atoms with E-state index in [0.717, 1.165) is 36.8 Å². The Morgan fingerprint density at radius 1 is 1.21 bits per heavy atom. The molecule has 0 amide bonds. The van der Waals surface area contributed by atoms with Crippen LogP contribution in [0, 0.1) is 11.8 Å². The topological polar surface area (TPSA) is 35.2 Å². The first kappa shape index (κ1) is 14.4. The first-order valence-corrected chi connectivity index (χ1v) is 7.61. The Bertz CT molecular complexity index is 385. The highest BCUT2D eigenvalue weighted by Gasteiger charge is 2.31. The van der Waals surface area contributed by atoms with Crippen molar-refractivity contribution in [2.45, 2.75) is 58.6 Å². The molecule has 2 heteroatoms. The van der Waals surface area contributed by atoms with Gasteiger partial charge in [0.15, 0.2) is 0 Å². The molecule has 0 bridgehead atoms.